The average Bonchev–Trinajstić information content (AvgIpc) is 3.02. The van der Waals surface area contributed by atoms with Crippen molar-refractivity contribution >= 4 is 11.9 Å². The summed E-state index contributed by atoms with van der Waals surface area (Å²) in [6.45, 7) is 2.82. The van der Waals surface area contributed by atoms with Crippen LogP contribution in [0.1, 0.15) is 40.3 Å². The molecular formula is C19H21NO5. The molecule has 25 heavy (non-hydrogen) atoms. The van der Waals surface area contributed by atoms with Crippen LogP contribution in [0.25, 0.3) is 0 Å². The molecule has 6 heteroatoms. The lowest BCUT2D eigenvalue weighted by Gasteiger charge is -2.36. The number of nitrogens with one attached hydrogen (secondary N) is 1. The molecule has 0 bridgehead atoms. The summed E-state index contributed by atoms with van der Waals surface area (Å²) in [4.78, 5) is 24.1. The highest BCUT2D eigenvalue weighted by Crippen LogP contribution is 2.35. The van der Waals surface area contributed by atoms with Crippen molar-refractivity contribution in [3.05, 3.63) is 59.0 Å². The predicted molar refractivity (Wildman–Crippen MR) is 90.4 cm³/mol. The summed E-state index contributed by atoms with van der Waals surface area (Å²) in [5.41, 5.74) is 0.460. The van der Waals surface area contributed by atoms with Crippen LogP contribution in [0.3, 0.4) is 0 Å². The number of aryl methyl sites for hydroxylation is 1. The number of benzene rings is 1. The minimum absolute atomic E-state index is 0.0899. The maximum absolute atomic E-state index is 13.0. The van der Waals surface area contributed by atoms with Gasteiger partial charge in [-0.15, -0.1) is 0 Å². The first-order chi connectivity index (χ1) is 12.0. The highest BCUT2D eigenvalue weighted by molar-refractivity contribution is 5.89. The molecule has 1 fully saturated rings. The molecular weight excluding hydrogens is 322 g/mol. The second-order valence-corrected chi connectivity index (χ2v) is 6.23. The van der Waals surface area contributed by atoms with Crippen LogP contribution >= 0.6 is 0 Å². The Morgan fingerprint density at radius 2 is 1.88 bits per heavy atom. The molecule has 1 saturated heterocycles. The molecule has 0 aliphatic carbocycles. The van der Waals surface area contributed by atoms with Gasteiger partial charge in [-0.2, -0.15) is 0 Å². The molecule has 2 aromatic rings. The van der Waals surface area contributed by atoms with E-state index in [0.717, 1.165) is 5.56 Å². The van der Waals surface area contributed by atoms with Gasteiger partial charge in [0.1, 0.15) is 17.1 Å². The topological polar surface area (TPSA) is 88.8 Å². The summed E-state index contributed by atoms with van der Waals surface area (Å²) in [6, 6.07) is 11.2. The first-order valence-electron chi connectivity index (χ1n) is 8.27. The van der Waals surface area contributed by atoms with E-state index >= 15 is 0 Å². The minimum atomic E-state index is -1.04. The van der Waals surface area contributed by atoms with Gasteiger partial charge in [-0.3, -0.25) is 4.79 Å². The number of amides is 1. The number of carboxylic acid groups (broad SMARTS) is 1. The lowest BCUT2D eigenvalue weighted by atomic mass is 9.73. The summed E-state index contributed by atoms with van der Waals surface area (Å²) in [5, 5.41) is 12.0. The number of carbonyl (C=O) groups excluding carboxylic acids is 1. The second kappa shape index (κ2) is 7.11. The fraction of sp³-hybridized carbons (Fsp3) is 0.368. The van der Waals surface area contributed by atoms with Gasteiger partial charge in [0, 0.05) is 13.2 Å². The monoisotopic (exact) mass is 343 g/mol. The Hall–Kier alpha value is -2.60. The predicted octanol–water partition coefficient (Wildman–Crippen LogP) is 2.65. The number of ether oxygens (including phenoxy) is 1. The largest absolute Gasteiger partial charge is 0.478 e. The first-order valence-corrected chi connectivity index (χ1v) is 8.27. The number of aromatic carboxylic acids is 1. The number of hydrogen-bond acceptors (Lipinski definition) is 4. The molecule has 2 N–H and O–H groups in total. The van der Waals surface area contributed by atoms with E-state index in [1.54, 1.807) is 6.92 Å². The van der Waals surface area contributed by atoms with Crippen LogP contribution < -0.4 is 5.32 Å². The molecule has 1 aromatic heterocycles. The third-order valence-corrected chi connectivity index (χ3v) is 4.73. The molecule has 1 aliphatic rings. The SMILES string of the molecule is Cc1oc(CNC(=O)C2(c3ccccc3)CCOCC2)cc1C(=O)O. The maximum Gasteiger partial charge on any atom is 0.339 e. The van der Waals surface area contributed by atoms with Crippen molar-refractivity contribution in [1.29, 1.82) is 0 Å². The highest BCUT2D eigenvalue weighted by atomic mass is 16.5. The third-order valence-electron chi connectivity index (χ3n) is 4.73. The normalized spacial score (nSPS) is 16.4. The van der Waals surface area contributed by atoms with Crippen LogP contribution in [0.15, 0.2) is 40.8 Å². The molecule has 0 unspecified atom stereocenters. The summed E-state index contributed by atoms with van der Waals surface area (Å²) >= 11 is 0. The van der Waals surface area contributed by atoms with Crippen LogP contribution in [-0.2, 0) is 21.5 Å². The molecule has 0 saturated carbocycles. The first kappa shape index (κ1) is 17.2. The van der Waals surface area contributed by atoms with Gasteiger partial charge in [-0.05, 0) is 31.4 Å². The standard InChI is InChI=1S/C19H21NO5/c1-13-16(17(21)22)11-15(25-13)12-20-18(23)19(7-9-24-10-8-19)14-5-3-2-4-6-14/h2-6,11H,7-10,12H2,1H3,(H,20,23)(H,21,22). The van der Waals surface area contributed by atoms with Crippen molar-refractivity contribution in [2.24, 2.45) is 0 Å². The molecule has 6 nitrogen and oxygen atoms in total. The van der Waals surface area contributed by atoms with E-state index in [4.69, 9.17) is 14.3 Å². The second-order valence-electron chi connectivity index (χ2n) is 6.23. The Bertz CT molecular complexity index is 759. The van der Waals surface area contributed by atoms with Crippen LogP contribution in [0.5, 0.6) is 0 Å². The summed E-state index contributed by atoms with van der Waals surface area (Å²) in [5.74, 6) is -0.365. The van der Waals surface area contributed by atoms with Gasteiger partial charge in [0.05, 0.1) is 12.0 Å². The lowest BCUT2D eigenvalue weighted by Crippen LogP contribution is -2.47. The van der Waals surface area contributed by atoms with Crippen molar-refractivity contribution in [2.45, 2.75) is 31.7 Å². The van der Waals surface area contributed by atoms with Gasteiger partial charge in [0.15, 0.2) is 0 Å². The highest BCUT2D eigenvalue weighted by Gasteiger charge is 2.41. The smallest absolute Gasteiger partial charge is 0.339 e. The summed E-state index contributed by atoms with van der Waals surface area (Å²) < 4.78 is 10.9. The van der Waals surface area contributed by atoms with Gasteiger partial charge in [-0.25, -0.2) is 4.79 Å². The third kappa shape index (κ3) is 3.44. The number of rotatable bonds is 5. The molecule has 0 spiro atoms. The fourth-order valence-corrected chi connectivity index (χ4v) is 3.30. The minimum Gasteiger partial charge on any atom is -0.478 e. The van der Waals surface area contributed by atoms with Gasteiger partial charge >= 0.3 is 5.97 Å². The van der Waals surface area contributed by atoms with Crippen molar-refractivity contribution in [2.75, 3.05) is 13.2 Å². The van der Waals surface area contributed by atoms with Crippen LogP contribution in [0.4, 0.5) is 0 Å². The van der Waals surface area contributed by atoms with E-state index < -0.39 is 11.4 Å². The van der Waals surface area contributed by atoms with Crippen molar-refractivity contribution in [3.63, 3.8) is 0 Å². The van der Waals surface area contributed by atoms with Crippen LogP contribution in [0, 0.1) is 6.92 Å². The molecule has 132 valence electrons. The maximum atomic E-state index is 13.0. The van der Waals surface area contributed by atoms with Crippen molar-refractivity contribution in [1.82, 2.24) is 5.32 Å². The average molecular weight is 343 g/mol. The van der Waals surface area contributed by atoms with Crippen molar-refractivity contribution < 1.29 is 23.8 Å². The number of carbonyl (C=O) groups is 2. The zero-order valence-electron chi connectivity index (χ0n) is 14.1. The molecule has 1 amide bonds. The molecule has 1 aliphatic heterocycles. The molecule has 0 atom stereocenters. The van der Waals surface area contributed by atoms with E-state index in [2.05, 4.69) is 5.32 Å². The van der Waals surface area contributed by atoms with Crippen LogP contribution in [0.2, 0.25) is 0 Å². The van der Waals surface area contributed by atoms with E-state index in [1.165, 1.54) is 6.07 Å². The van der Waals surface area contributed by atoms with E-state index in [-0.39, 0.29) is 18.0 Å². The summed E-state index contributed by atoms with van der Waals surface area (Å²) in [7, 11) is 0. The Morgan fingerprint density at radius 1 is 1.20 bits per heavy atom. The van der Waals surface area contributed by atoms with Crippen molar-refractivity contribution in [3.8, 4) is 0 Å². The Kier molecular flexibility index (Phi) is 4.90. The van der Waals surface area contributed by atoms with Gasteiger partial charge < -0.3 is 19.6 Å². The molecule has 2 heterocycles. The van der Waals surface area contributed by atoms with Gasteiger partial charge in [0.25, 0.3) is 0 Å². The Balaban J connectivity index is 1.77. The van der Waals surface area contributed by atoms with Gasteiger partial charge in [-0.1, -0.05) is 30.3 Å². The Morgan fingerprint density at radius 3 is 2.48 bits per heavy atom. The van der Waals surface area contributed by atoms with E-state index in [0.29, 0.717) is 37.6 Å². The molecule has 1 aromatic carbocycles. The zero-order chi connectivity index (χ0) is 17.9. The van der Waals surface area contributed by atoms with Crippen LogP contribution in [-0.4, -0.2) is 30.2 Å². The van der Waals surface area contributed by atoms with E-state index in [1.807, 2.05) is 30.3 Å². The fourth-order valence-electron chi connectivity index (χ4n) is 3.30. The number of hydrogen-bond donors (Lipinski definition) is 2. The molecule has 3 rings (SSSR count). The molecule has 0 radical (unpaired) electrons. The number of carboxylic acids is 1. The zero-order valence-corrected chi connectivity index (χ0v) is 14.1. The number of furan rings is 1. The Labute approximate surface area is 145 Å². The quantitative estimate of drug-likeness (QED) is 0.871. The lowest BCUT2D eigenvalue weighted by molar-refractivity contribution is -0.130. The van der Waals surface area contributed by atoms with Gasteiger partial charge in [0.2, 0.25) is 5.91 Å². The van der Waals surface area contributed by atoms with E-state index in [9.17, 15) is 9.59 Å². The summed E-state index contributed by atoms with van der Waals surface area (Å²) in [6.07, 6.45) is 1.22.